The first-order chi connectivity index (χ1) is 16.1. The first-order valence-corrected chi connectivity index (χ1v) is 10.7. The van der Waals surface area contributed by atoms with E-state index in [0.717, 1.165) is 0 Å². The molecule has 4 rings (SSSR count). The number of aryl methyl sites for hydroxylation is 1. The third-order valence-electron chi connectivity index (χ3n) is 6.14. The summed E-state index contributed by atoms with van der Waals surface area (Å²) >= 11 is 0. The summed E-state index contributed by atoms with van der Waals surface area (Å²) in [7, 11) is 0. The zero-order valence-corrected chi connectivity index (χ0v) is 18.3. The molecule has 0 saturated carbocycles. The Kier molecular flexibility index (Phi) is 6.01. The number of benzene rings is 1. The van der Waals surface area contributed by atoms with E-state index in [2.05, 4.69) is 20.6 Å². The molecule has 3 heterocycles. The largest absolute Gasteiger partial charge is 0.369 e. The van der Waals surface area contributed by atoms with Crippen molar-refractivity contribution in [2.24, 2.45) is 11.7 Å². The lowest BCUT2D eigenvalue weighted by atomic mass is 9.92. The number of carbonyl (C=O) groups excluding carboxylic acids is 3. The fourth-order valence-corrected chi connectivity index (χ4v) is 4.19. The van der Waals surface area contributed by atoms with Gasteiger partial charge < -0.3 is 21.3 Å². The molecule has 178 valence electrons. The van der Waals surface area contributed by atoms with Gasteiger partial charge in [-0.2, -0.15) is 4.98 Å². The van der Waals surface area contributed by atoms with Crippen LogP contribution in [0.3, 0.4) is 0 Å². The third-order valence-corrected chi connectivity index (χ3v) is 6.14. The number of nitrogens with zero attached hydrogens (tertiary/aromatic N) is 3. The number of carbonyl (C=O) groups is 3. The Bertz CT molecular complexity index is 1250. The highest BCUT2D eigenvalue weighted by atomic mass is 16.6. The highest BCUT2D eigenvalue weighted by Crippen LogP contribution is 2.32. The fourth-order valence-electron chi connectivity index (χ4n) is 4.19. The van der Waals surface area contributed by atoms with Gasteiger partial charge in [-0.05, 0) is 25.3 Å². The van der Waals surface area contributed by atoms with Gasteiger partial charge >= 0.3 is 0 Å². The number of amides is 3. The second-order valence-electron chi connectivity index (χ2n) is 8.37. The molecule has 0 spiro atoms. The first-order valence-electron chi connectivity index (χ1n) is 10.7. The second kappa shape index (κ2) is 8.92. The highest BCUT2D eigenvalue weighted by molar-refractivity contribution is 6.04. The van der Waals surface area contributed by atoms with Crippen LogP contribution in [0.15, 0.2) is 23.0 Å². The maximum Gasteiger partial charge on any atom is 0.271 e. The van der Waals surface area contributed by atoms with Crippen LogP contribution < -0.4 is 26.8 Å². The van der Waals surface area contributed by atoms with Gasteiger partial charge in [-0.25, -0.2) is 0 Å². The van der Waals surface area contributed by atoms with Gasteiger partial charge in [0.05, 0.1) is 22.1 Å². The van der Waals surface area contributed by atoms with Crippen molar-refractivity contribution in [1.29, 1.82) is 0 Å². The molecule has 1 aromatic heterocycles. The van der Waals surface area contributed by atoms with Crippen molar-refractivity contribution in [2.75, 3.05) is 28.6 Å². The molecule has 0 radical (unpaired) electrons. The minimum absolute atomic E-state index is 0.0101. The molecular formula is C21H23N7O6. The van der Waals surface area contributed by atoms with Crippen LogP contribution in [-0.2, 0) is 14.4 Å². The average Bonchev–Trinajstić information content (AvgIpc) is 2.79. The second-order valence-corrected chi connectivity index (χ2v) is 8.37. The van der Waals surface area contributed by atoms with Crippen LogP contribution in [0.4, 0.5) is 23.1 Å². The quantitative estimate of drug-likeness (QED) is 0.364. The number of non-ortho nitro benzene ring substituents is 1. The summed E-state index contributed by atoms with van der Waals surface area (Å²) in [6.45, 7) is 2.56. The maximum absolute atomic E-state index is 13.1. The van der Waals surface area contributed by atoms with Crippen molar-refractivity contribution < 1.29 is 19.3 Å². The summed E-state index contributed by atoms with van der Waals surface area (Å²) in [5.41, 5.74) is 5.39. The smallest absolute Gasteiger partial charge is 0.271 e. The molecule has 2 aliphatic heterocycles. The van der Waals surface area contributed by atoms with E-state index in [1.807, 2.05) is 0 Å². The molecule has 34 heavy (non-hydrogen) atoms. The predicted molar refractivity (Wildman–Crippen MR) is 121 cm³/mol. The Morgan fingerprint density at radius 1 is 1.26 bits per heavy atom. The number of aromatic amines is 1. The zero-order chi connectivity index (χ0) is 24.6. The van der Waals surface area contributed by atoms with E-state index < -0.39 is 28.2 Å². The molecule has 0 unspecified atom stereocenters. The van der Waals surface area contributed by atoms with Gasteiger partial charge in [0.25, 0.3) is 11.2 Å². The zero-order valence-electron chi connectivity index (χ0n) is 18.3. The van der Waals surface area contributed by atoms with Crippen LogP contribution in [0, 0.1) is 23.0 Å². The van der Waals surface area contributed by atoms with Crippen LogP contribution in [0.25, 0.3) is 0 Å². The SMILES string of the molecule is Cc1ccc([N+](=O)[O-])cc1NC(=O)[C@@H]1CC(=O)Nc2nc(N3CCC(C(N)=O)CC3)[nH]c(=O)c21. The van der Waals surface area contributed by atoms with E-state index in [-0.39, 0.29) is 47.0 Å². The Morgan fingerprint density at radius 2 is 1.97 bits per heavy atom. The van der Waals surface area contributed by atoms with E-state index in [0.29, 0.717) is 31.5 Å². The van der Waals surface area contributed by atoms with Gasteiger partial charge in [-0.3, -0.25) is 34.3 Å². The van der Waals surface area contributed by atoms with Crippen molar-refractivity contribution in [3.8, 4) is 0 Å². The average molecular weight is 469 g/mol. The van der Waals surface area contributed by atoms with E-state index in [1.165, 1.54) is 18.2 Å². The minimum atomic E-state index is -1.13. The van der Waals surface area contributed by atoms with Gasteiger partial charge in [0.15, 0.2) is 0 Å². The summed E-state index contributed by atoms with van der Waals surface area (Å²) in [6, 6.07) is 4.03. The van der Waals surface area contributed by atoms with Crippen LogP contribution >= 0.6 is 0 Å². The summed E-state index contributed by atoms with van der Waals surface area (Å²) in [5, 5.41) is 16.2. The molecule has 1 aromatic carbocycles. The lowest BCUT2D eigenvalue weighted by molar-refractivity contribution is -0.384. The van der Waals surface area contributed by atoms with E-state index in [1.54, 1.807) is 11.8 Å². The molecular weight excluding hydrogens is 446 g/mol. The van der Waals surface area contributed by atoms with Crippen LogP contribution in [-0.4, -0.2) is 45.7 Å². The van der Waals surface area contributed by atoms with Gasteiger partial charge in [-0.15, -0.1) is 0 Å². The predicted octanol–water partition coefficient (Wildman–Crippen LogP) is 0.753. The van der Waals surface area contributed by atoms with Gasteiger partial charge in [-0.1, -0.05) is 6.07 Å². The number of nitro benzene ring substituents is 1. The summed E-state index contributed by atoms with van der Waals surface area (Å²) in [6.07, 6.45) is 0.743. The van der Waals surface area contributed by atoms with Crippen molar-refractivity contribution in [1.82, 2.24) is 9.97 Å². The highest BCUT2D eigenvalue weighted by Gasteiger charge is 2.36. The van der Waals surface area contributed by atoms with Crippen LogP contribution in [0.2, 0.25) is 0 Å². The number of nitrogens with two attached hydrogens (primary N) is 1. The molecule has 13 heteroatoms. The number of rotatable bonds is 5. The molecule has 13 nitrogen and oxygen atoms in total. The molecule has 0 bridgehead atoms. The standard InChI is InChI=1S/C21H23N7O6/c1-10-2-3-12(28(33)34)8-14(10)23-19(31)13-9-15(29)24-18-16(13)20(32)26-21(25-18)27-6-4-11(5-7-27)17(22)30/h2-3,8,11,13H,4-7,9H2,1H3,(H2,22,30)(H,23,31)(H2,24,25,26,29,32)/t13-/m1/s1. The molecule has 5 N–H and O–H groups in total. The Labute approximate surface area is 192 Å². The maximum atomic E-state index is 13.1. The fraction of sp³-hybridized carbons (Fsp3) is 0.381. The molecule has 0 aliphatic carbocycles. The van der Waals surface area contributed by atoms with Crippen molar-refractivity contribution in [2.45, 2.75) is 32.1 Å². The van der Waals surface area contributed by atoms with Crippen molar-refractivity contribution in [3.63, 3.8) is 0 Å². The van der Waals surface area contributed by atoms with Crippen LogP contribution in [0.5, 0.6) is 0 Å². The third kappa shape index (κ3) is 4.44. The molecule has 2 aliphatic rings. The normalized spacial score (nSPS) is 18.1. The van der Waals surface area contributed by atoms with E-state index in [4.69, 9.17) is 5.73 Å². The van der Waals surface area contributed by atoms with Crippen molar-refractivity contribution in [3.05, 3.63) is 49.8 Å². The monoisotopic (exact) mass is 469 g/mol. The van der Waals surface area contributed by atoms with E-state index in [9.17, 15) is 29.3 Å². The first kappa shape index (κ1) is 22.9. The number of primary amides is 1. The number of piperidine rings is 1. The minimum Gasteiger partial charge on any atom is -0.369 e. The number of aromatic nitrogens is 2. The number of anilines is 3. The molecule has 1 fully saturated rings. The Hall–Kier alpha value is -4.29. The van der Waals surface area contributed by atoms with E-state index >= 15 is 0 Å². The number of hydrogen-bond donors (Lipinski definition) is 4. The van der Waals surface area contributed by atoms with Gasteiger partial charge in [0.2, 0.25) is 23.7 Å². The number of hydrogen-bond acceptors (Lipinski definition) is 8. The van der Waals surface area contributed by atoms with Crippen molar-refractivity contribution >= 4 is 40.9 Å². The Balaban J connectivity index is 1.61. The lowest BCUT2D eigenvalue weighted by Gasteiger charge is -2.32. The number of nitro groups is 1. The Morgan fingerprint density at radius 3 is 2.62 bits per heavy atom. The lowest BCUT2D eigenvalue weighted by Crippen LogP contribution is -2.41. The number of fused-ring (bicyclic) bond motifs is 1. The number of H-pyrrole nitrogens is 1. The summed E-state index contributed by atoms with van der Waals surface area (Å²) in [4.78, 5) is 69.0. The molecule has 2 aromatic rings. The topological polar surface area (TPSA) is 193 Å². The summed E-state index contributed by atoms with van der Waals surface area (Å²) in [5.74, 6) is -2.67. The molecule has 1 atom stereocenters. The summed E-state index contributed by atoms with van der Waals surface area (Å²) < 4.78 is 0. The molecule has 3 amide bonds. The number of nitrogens with one attached hydrogen (secondary N) is 3. The van der Waals surface area contributed by atoms with Crippen LogP contribution in [0.1, 0.15) is 36.3 Å². The van der Waals surface area contributed by atoms with Gasteiger partial charge in [0, 0.05) is 37.6 Å². The molecule has 1 saturated heterocycles. The van der Waals surface area contributed by atoms with Gasteiger partial charge in [0.1, 0.15) is 5.82 Å².